The van der Waals surface area contributed by atoms with Crippen molar-refractivity contribution in [3.63, 3.8) is 0 Å². The molecule has 0 saturated heterocycles. The van der Waals surface area contributed by atoms with Crippen LogP contribution in [0.4, 0.5) is 0 Å². The molecule has 1 unspecified atom stereocenters. The van der Waals surface area contributed by atoms with Gasteiger partial charge in [0.2, 0.25) is 0 Å². The number of carbonyl (C=O) groups excluding carboxylic acids is 2. The normalized spacial score (nSPS) is 50.3. The molecule has 0 aromatic heterocycles. The second kappa shape index (κ2) is 5.66. The maximum Gasteiger partial charge on any atom is 0.140 e. The van der Waals surface area contributed by atoms with Crippen LogP contribution in [0.3, 0.4) is 0 Å². The van der Waals surface area contributed by atoms with E-state index < -0.39 is 11.0 Å². The van der Waals surface area contributed by atoms with Crippen LogP contribution < -0.4 is 0 Å². The summed E-state index contributed by atoms with van der Waals surface area (Å²) in [7, 11) is 0. The molecule has 0 spiro atoms. The Hall–Kier alpha value is -0.670. The van der Waals surface area contributed by atoms with Crippen LogP contribution >= 0.6 is 11.6 Å². The van der Waals surface area contributed by atoms with Crippen molar-refractivity contribution in [2.75, 3.05) is 0 Å². The van der Waals surface area contributed by atoms with Gasteiger partial charge in [-0.05, 0) is 61.7 Å². The van der Waals surface area contributed by atoms with E-state index in [0.29, 0.717) is 49.1 Å². The highest BCUT2D eigenvalue weighted by molar-refractivity contribution is 6.28. The van der Waals surface area contributed by atoms with E-state index in [9.17, 15) is 14.7 Å². The standard InChI is InChI=1S/C21H29ClO3/c1-19-8-5-14(24)11-13(19)3-4-15-16(19)6-9-20(2)17(15)7-10-21(20,25)18(22)12-23/h3,12,15-18,25H,4-11H2,1-2H3/t15-,16+,17+,18?,19+,20+,21+/m1/s1. The minimum absolute atomic E-state index is 0.143. The van der Waals surface area contributed by atoms with E-state index in [4.69, 9.17) is 11.6 Å². The Morgan fingerprint density at radius 2 is 1.96 bits per heavy atom. The highest BCUT2D eigenvalue weighted by Crippen LogP contribution is 2.67. The summed E-state index contributed by atoms with van der Waals surface area (Å²) in [4.78, 5) is 23.3. The highest BCUT2D eigenvalue weighted by atomic mass is 35.5. The molecule has 0 bridgehead atoms. The third kappa shape index (κ3) is 2.21. The SMILES string of the molecule is C[C@]12CCC(=O)CC1=CC[C@@H]1[C@@H]2CC[C@@]2(C)[C@H]1CC[C@]2(O)C(Cl)C=O. The first-order chi connectivity index (χ1) is 11.8. The molecule has 4 aliphatic rings. The number of halogens is 1. The summed E-state index contributed by atoms with van der Waals surface area (Å²) < 4.78 is 0. The van der Waals surface area contributed by atoms with Gasteiger partial charge >= 0.3 is 0 Å². The summed E-state index contributed by atoms with van der Waals surface area (Å²) >= 11 is 6.28. The predicted octanol–water partition coefficient (Wildman–Crippen LogP) is 4.06. The molecule has 3 saturated carbocycles. The monoisotopic (exact) mass is 364 g/mol. The fourth-order valence-electron chi connectivity index (χ4n) is 7.09. The molecule has 3 nitrogen and oxygen atoms in total. The van der Waals surface area contributed by atoms with Gasteiger partial charge in [0.05, 0.1) is 5.60 Å². The van der Waals surface area contributed by atoms with Crippen LogP contribution in [0.5, 0.6) is 0 Å². The van der Waals surface area contributed by atoms with Gasteiger partial charge in [-0.1, -0.05) is 25.5 Å². The molecular weight excluding hydrogens is 336 g/mol. The van der Waals surface area contributed by atoms with Gasteiger partial charge in [0.25, 0.3) is 0 Å². The second-order valence-corrected chi connectivity index (χ2v) is 9.90. The van der Waals surface area contributed by atoms with E-state index in [2.05, 4.69) is 19.9 Å². The fourth-order valence-corrected chi connectivity index (χ4v) is 7.45. The van der Waals surface area contributed by atoms with Crippen LogP contribution in [-0.2, 0) is 9.59 Å². The van der Waals surface area contributed by atoms with E-state index in [1.54, 1.807) is 0 Å². The maximum atomic E-state index is 11.9. The second-order valence-electron chi connectivity index (χ2n) is 9.43. The average Bonchev–Trinajstić information content (AvgIpc) is 2.87. The molecule has 3 fully saturated rings. The van der Waals surface area contributed by atoms with Crippen LogP contribution in [-0.4, -0.2) is 28.2 Å². The number of carbonyl (C=O) groups is 2. The minimum atomic E-state index is -1.08. The molecule has 138 valence electrons. The van der Waals surface area contributed by atoms with Gasteiger partial charge in [0.1, 0.15) is 17.4 Å². The van der Waals surface area contributed by atoms with Gasteiger partial charge in [-0.2, -0.15) is 0 Å². The number of allylic oxidation sites excluding steroid dienone is 2. The maximum absolute atomic E-state index is 11.9. The number of hydrogen-bond acceptors (Lipinski definition) is 3. The molecule has 0 heterocycles. The van der Waals surface area contributed by atoms with E-state index in [1.807, 2.05) is 0 Å². The van der Waals surface area contributed by atoms with Crippen molar-refractivity contribution in [1.82, 2.24) is 0 Å². The summed E-state index contributed by atoms with van der Waals surface area (Å²) in [6.45, 7) is 4.52. The zero-order chi connectivity index (χ0) is 18.0. The van der Waals surface area contributed by atoms with Gasteiger partial charge in [-0.15, -0.1) is 11.6 Å². The molecule has 0 aromatic rings. The summed E-state index contributed by atoms with van der Waals surface area (Å²) in [6.07, 6.45) is 9.92. The lowest BCUT2D eigenvalue weighted by Crippen LogP contribution is -2.57. The number of aliphatic hydroxyl groups is 1. The van der Waals surface area contributed by atoms with Gasteiger partial charge in [0.15, 0.2) is 0 Å². The zero-order valence-electron chi connectivity index (χ0n) is 15.3. The third-order valence-electron chi connectivity index (χ3n) is 8.73. The van der Waals surface area contributed by atoms with Crippen LogP contribution in [0.25, 0.3) is 0 Å². The van der Waals surface area contributed by atoms with E-state index in [1.165, 1.54) is 5.57 Å². The Labute approximate surface area is 155 Å². The Balaban J connectivity index is 1.69. The number of hydrogen-bond donors (Lipinski definition) is 1. The van der Waals surface area contributed by atoms with Crippen molar-refractivity contribution >= 4 is 23.7 Å². The lowest BCUT2D eigenvalue weighted by Gasteiger charge is -2.58. The molecular formula is C21H29ClO3. The first kappa shape index (κ1) is 17.7. The number of rotatable bonds is 2. The number of fused-ring (bicyclic) bond motifs is 5. The van der Waals surface area contributed by atoms with E-state index >= 15 is 0 Å². The number of aldehydes is 1. The smallest absolute Gasteiger partial charge is 0.140 e. The zero-order valence-corrected chi connectivity index (χ0v) is 16.0. The summed E-state index contributed by atoms with van der Waals surface area (Å²) in [6, 6.07) is 0. The van der Waals surface area contributed by atoms with Crippen LogP contribution in [0.2, 0.25) is 0 Å². The molecule has 0 aliphatic heterocycles. The van der Waals surface area contributed by atoms with Gasteiger partial charge in [-0.3, -0.25) is 4.79 Å². The molecule has 0 aromatic carbocycles. The van der Waals surface area contributed by atoms with Gasteiger partial charge in [0, 0.05) is 18.3 Å². The number of alkyl halides is 1. The lowest BCUT2D eigenvalue weighted by atomic mass is 9.47. The first-order valence-electron chi connectivity index (χ1n) is 9.79. The van der Waals surface area contributed by atoms with Crippen molar-refractivity contribution in [2.24, 2.45) is 28.6 Å². The molecule has 1 N–H and O–H groups in total. The van der Waals surface area contributed by atoms with Crippen molar-refractivity contribution in [1.29, 1.82) is 0 Å². The minimum Gasteiger partial charge on any atom is -0.387 e. The summed E-state index contributed by atoms with van der Waals surface area (Å²) in [5, 5.41) is 10.5. The molecule has 4 heteroatoms. The van der Waals surface area contributed by atoms with Crippen LogP contribution in [0, 0.1) is 28.6 Å². The Bertz CT molecular complexity index is 643. The van der Waals surface area contributed by atoms with Crippen molar-refractivity contribution in [2.45, 2.75) is 76.2 Å². The molecule has 4 rings (SSSR count). The summed E-state index contributed by atoms with van der Waals surface area (Å²) in [5.41, 5.74) is 0.140. The lowest BCUT2D eigenvalue weighted by molar-refractivity contribution is -0.136. The molecule has 4 aliphatic carbocycles. The molecule has 25 heavy (non-hydrogen) atoms. The first-order valence-corrected chi connectivity index (χ1v) is 10.2. The van der Waals surface area contributed by atoms with Gasteiger partial charge < -0.3 is 9.90 Å². The van der Waals surface area contributed by atoms with Crippen molar-refractivity contribution < 1.29 is 14.7 Å². The molecule has 0 amide bonds. The Morgan fingerprint density at radius 3 is 2.68 bits per heavy atom. The van der Waals surface area contributed by atoms with Gasteiger partial charge in [-0.25, -0.2) is 0 Å². The average molecular weight is 365 g/mol. The van der Waals surface area contributed by atoms with E-state index in [0.717, 1.165) is 32.1 Å². The molecule has 0 radical (unpaired) electrons. The Morgan fingerprint density at radius 1 is 1.24 bits per heavy atom. The molecule has 7 atom stereocenters. The largest absolute Gasteiger partial charge is 0.387 e. The van der Waals surface area contributed by atoms with Crippen molar-refractivity contribution in [3.8, 4) is 0 Å². The summed E-state index contributed by atoms with van der Waals surface area (Å²) in [5.74, 6) is 1.91. The van der Waals surface area contributed by atoms with Crippen LogP contribution in [0.1, 0.15) is 65.2 Å². The van der Waals surface area contributed by atoms with Crippen LogP contribution in [0.15, 0.2) is 11.6 Å². The third-order valence-corrected chi connectivity index (χ3v) is 9.19. The van der Waals surface area contributed by atoms with E-state index in [-0.39, 0.29) is 10.8 Å². The number of ketones is 1. The topological polar surface area (TPSA) is 54.4 Å². The number of Topliss-reactive ketones (excluding diaryl/α,β-unsaturated/α-hetero) is 1. The predicted molar refractivity (Wildman–Crippen MR) is 97.4 cm³/mol. The fraction of sp³-hybridized carbons (Fsp3) is 0.810. The van der Waals surface area contributed by atoms with Crippen molar-refractivity contribution in [3.05, 3.63) is 11.6 Å². The Kier molecular flexibility index (Phi) is 4.01. The highest BCUT2D eigenvalue weighted by Gasteiger charge is 2.65. The quantitative estimate of drug-likeness (QED) is 0.456.